The van der Waals surface area contributed by atoms with Gasteiger partial charge in [-0.15, -0.1) is 11.8 Å². The van der Waals surface area contributed by atoms with Crippen molar-refractivity contribution in [2.45, 2.75) is 44.0 Å². The first kappa shape index (κ1) is 19.8. The van der Waals surface area contributed by atoms with Gasteiger partial charge in [0.25, 0.3) is 5.91 Å². The molecule has 0 unspecified atom stereocenters. The van der Waals surface area contributed by atoms with Crippen molar-refractivity contribution in [2.24, 2.45) is 0 Å². The lowest BCUT2D eigenvalue weighted by molar-refractivity contribution is -0.128. The third kappa shape index (κ3) is 4.93. The summed E-state index contributed by atoms with van der Waals surface area (Å²) in [6.07, 6.45) is 9.76. The predicted octanol–water partition coefficient (Wildman–Crippen LogP) is 4.67. The summed E-state index contributed by atoms with van der Waals surface area (Å²) in [4.78, 5) is 26.6. The molecule has 2 aromatic rings. The Kier molecular flexibility index (Phi) is 6.39. The molecule has 2 amide bonds. The Morgan fingerprint density at radius 3 is 2.79 bits per heavy atom. The molecule has 0 saturated carbocycles. The second kappa shape index (κ2) is 9.35. The van der Waals surface area contributed by atoms with Crippen LogP contribution in [0.2, 0.25) is 0 Å². The van der Waals surface area contributed by atoms with E-state index in [9.17, 15) is 9.59 Å². The summed E-state index contributed by atoms with van der Waals surface area (Å²) >= 11 is 1.61. The fourth-order valence-corrected chi connectivity index (χ4v) is 5.03. The number of hydrogen-bond acceptors (Lipinski definition) is 4. The highest BCUT2D eigenvalue weighted by atomic mass is 32.2. The number of nitrogens with one attached hydrogen (secondary N) is 1. The van der Waals surface area contributed by atoms with Crippen molar-refractivity contribution in [2.75, 3.05) is 12.3 Å². The van der Waals surface area contributed by atoms with Gasteiger partial charge in [0.2, 0.25) is 5.91 Å². The average Bonchev–Trinajstić information content (AvgIpc) is 3.40. The van der Waals surface area contributed by atoms with E-state index >= 15 is 0 Å². The van der Waals surface area contributed by atoms with Gasteiger partial charge in [-0.3, -0.25) is 9.59 Å². The average molecular weight is 411 g/mol. The summed E-state index contributed by atoms with van der Waals surface area (Å²) in [6.45, 7) is 1.14. The smallest absolute Gasteiger partial charge is 0.251 e. The van der Waals surface area contributed by atoms with Crippen LogP contribution in [-0.4, -0.2) is 29.0 Å². The van der Waals surface area contributed by atoms with Gasteiger partial charge in [-0.25, -0.2) is 0 Å². The number of rotatable bonds is 7. The zero-order valence-corrected chi connectivity index (χ0v) is 17.2. The van der Waals surface area contributed by atoms with E-state index in [1.54, 1.807) is 18.0 Å². The summed E-state index contributed by atoms with van der Waals surface area (Å²) in [7, 11) is 0. The lowest BCUT2D eigenvalue weighted by Crippen LogP contribution is -2.27. The quantitative estimate of drug-likeness (QED) is 0.674. The van der Waals surface area contributed by atoms with Crippen LogP contribution in [0.1, 0.15) is 59.2 Å². The summed E-state index contributed by atoms with van der Waals surface area (Å²) in [6, 6.07) is 11.3. The molecule has 29 heavy (non-hydrogen) atoms. The van der Waals surface area contributed by atoms with E-state index in [-0.39, 0.29) is 17.2 Å². The van der Waals surface area contributed by atoms with Crippen molar-refractivity contribution < 1.29 is 14.0 Å². The largest absolute Gasteiger partial charge is 0.467 e. The van der Waals surface area contributed by atoms with E-state index < -0.39 is 0 Å². The van der Waals surface area contributed by atoms with Crippen molar-refractivity contribution >= 4 is 23.6 Å². The van der Waals surface area contributed by atoms with Gasteiger partial charge in [0, 0.05) is 12.1 Å². The fourth-order valence-electron chi connectivity index (χ4n) is 3.84. The molecule has 0 spiro atoms. The van der Waals surface area contributed by atoms with Crippen LogP contribution in [0, 0.1) is 0 Å². The monoisotopic (exact) mass is 410 g/mol. The number of amides is 2. The van der Waals surface area contributed by atoms with Crippen LogP contribution < -0.4 is 5.32 Å². The van der Waals surface area contributed by atoms with Crippen molar-refractivity contribution in [1.29, 1.82) is 0 Å². The Labute approximate surface area is 175 Å². The molecule has 1 fully saturated rings. The van der Waals surface area contributed by atoms with Crippen LogP contribution in [-0.2, 0) is 11.3 Å². The number of carbonyl (C=O) groups excluding carboxylic acids is 2. The van der Waals surface area contributed by atoms with Crippen LogP contribution in [0.4, 0.5) is 0 Å². The summed E-state index contributed by atoms with van der Waals surface area (Å²) < 4.78 is 5.40. The van der Waals surface area contributed by atoms with Crippen LogP contribution in [0.3, 0.4) is 0 Å². The molecule has 1 N–H and O–H groups in total. The van der Waals surface area contributed by atoms with Crippen LogP contribution >= 0.6 is 11.8 Å². The molecule has 6 heteroatoms. The number of carbonyl (C=O) groups is 2. The normalized spacial score (nSPS) is 19.3. The number of hydrogen-bond donors (Lipinski definition) is 1. The minimum atomic E-state index is -0.0528. The fraction of sp³-hybridized carbons (Fsp3) is 0.391. The number of furan rings is 1. The van der Waals surface area contributed by atoms with Gasteiger partial charge in [-0.05, 0) is 61.9 Å². The maximum atomic E-state index is 12.4. The number of nitrogens with zero attached hydrogens (tertiary/aromatic N) is 1. The minimum Gasteiger partial charge on any atom is -0.467 e. The van der Waals surface area contributed by atoms with Crippen LogP contribution in [0.25, 0.3) is 0 Å². The molecule has 0 bridgehead atoms. The highest BCUT2D eigenvalue weighted by Crippen LogP contribution is 2.39. The molecule has 0 radical (unpaired) electrons. The highest BCUT2D eigenvalue weighted by molar-refractivity contribution is 8.00. The molecule has 1 aromatic heterocycles. The maximum Gasteiger partial charge on any atom is 0.251 e. The molecule has 1 aromatic carbocycles. The third-order valence-electron chi connectivity index (χ3n) is 5.45. The molecule has 1 atom stereocenters. The van der Waals surface area contributed by atoms with Gasteiger partial charge in [0.05, 0.1) is 18.6 Å². The SMILES string of the molecule is O=C(NCCC1=CCCCC1)c1ccc([C@H]2SCC(=O)N2Cc2ccco2)cc1. The molecule has 152 valence electrons. The van der Waals surface area contributed by atoms with Gasteiger partial charge >= 0.3 is 0 Å². The Morgan fingerprint density at radius 2 is 2.07 bits per heavy atom. The molecular formula is C23H26N2O3S. The van der Waals surface area contributed by atoms with Gasteiger partial charge in [0.1, 0.15) is 11.1 Å². The topological polar surface area (TPSA) is 62.6 Å². The van der Waals surface area contributed by atoms with E-state index in [0.29, 0.717) is 24.4 Å². The molecule has 2 aliphatic rings. The number of thioether (sulfide) groups is 1. The van der Waals surface area contributed by atoms with Crippen molar-refractivity contribution in [3.8, 4) is 0 Å². The number of benzene rings is 1. The third-order valence-corrected chi connectivity index (χ3v) is 6.71. The lowest BCUT2D eigenvalue weighted by atomic mass is 9.97. The highest BCUT2D eigenvalue weighted by Gasteiger charge is 2.33. The maximum absolute atomic E-state index is 12.4. The van der Waals surface area contributed by atoms with Gasteiger partial charge in [-0.1, -0.05) is 23.8 Å². The zero-order chi connectivity index (χ0) is 20.1. The van der Waals surface area contributed by atoms with E-state index in [0.717, 1.165) is 24.2 Å². The summed E-state index contributed by atoms with van der Waals surface area (Å²) in [5.41, 5.74) is 3.14. The van der Waals surface area contributed by atoms with Crippen LogP contribution in [0.15, 0.2) is 58.7 Å². The van der Waals surface area contributed by atoms with Gasteiger partial charge < -0.3 is 14.6 Å². The van der Waals surface area contributed by atoms with Gasteiger partial charge in [0.15, 0.2) is 0 Å². The Hall–Kier alpha value is -2.47. The molecular weight excluding hydrogens is 384 g/mol. The van der Waals surface area contributed by atoms with E-state index in [1.165, 1.54) is 24.8 Å². The van der Waals surface area contributed by atoms with Crippen molar-refractivity contribution in [1.82, 2.24) is 10.2 Å². The second-order valence-corrected chi connectivity index (χ2v) is 8.57. The molecule has 1 saturated heterocycles. The zero-order valence-electron chi connectivity index (χ0n) is 16.4. The first-order valence-electron chi connectivity index (χ1n) is 10.2. The molecule has 4 rings (SSSR count). The first-order valence-corrected chi connectivity index (χ1v) is 11.2. The second-order valence-electron chi connectivity index (χ2n) is 7.50. The van der Waals surface area contributed by atoms with E-state index in [1.807, 2.05) is 41.3 Å². The number of allylic oxidation sites excluding steroid dienone is 1. The molecule has 1 aliphatic heterocycles. The Bertz CT molecular complexity index is 874. The molecule has 2 heterocycles. The minimum absolute atomic E-state index is 0.0458. The van der Waals surface area contributed by atoms with Crippen LogP contribution in [0.5, 0.6) is 0 Å². The van der Waals surface area contributed by atoms with Gasteiger partial charge in [-0.2, -0.15) is 0 Å². The summed E-state index contributed by atoms with van der Waals surface area (Å²) in [5, 5.41) is 2.97. The Morgan fingerprint density at radius 1 is 1.21 bits per heavy atom. The summed E-state index contributed by atoms with van der Waals surface area (Å²) in [5.74, 6) is 1.30. The molecule has 1 aliphatic carbocycles. The predicted molar refractivity (Wildman–Crippen MR) is 114 cm³/mol. The first-order chi connectivity index (χ1) is 14.2. The standard InChI is InChI=1S/C23H26N2O3S/c26-21-16-29-23(25(21)15-20-7-4-14-28-20)19-10-8-18(9-11-19)22(27)24-13-12-17-5-2-1-3-6-17/h4-5,7-11,14,23H,1-3,6,12-13,15-16H2,(H,24,27)/t23-/m1/s1. The van der Waals surface area contributed by atoms with Crippen molar-refractivity contribution in [3.05, 3.63) is 71.2 Å². The Balaban J connectivity index is 1.34. The lowest BCUT2D eigenvalue weighted by Gasteiger charge is -2.23. The van der Waals surface area contributed by atoms with E-state index in [2.05, 4.69) is 11.4 Å². The molecule has 5 nitrogen and oxygen atoms in total. The van der Waals surface area contributed by atoms with E-state index in [4.69, 9.17) is 4.42 Å². The van der Waals surface area contributed by atoms with Crippen molar-refractivity contribution in [3.63, 3.8) is 0 Å².